The van der Waals surface area contributed by atoms with Gasteiger partial charge in [0.1, 0.15) is 6.20 Å². The Balaban J connectivity index is 1.74. The molecule has 3 rings (SSSR count). The monoisotopic (exact) mass is 419 g/mol. The average molecular weight is 420 g/mol. The van der Waals surface area contributed by atoms with Crippen molar-refractivity contribution >= 4 is 27.3 Å². The minimum Gasteiger partial charge on any atom is -0.364 e. The van der Waals surface area contributed by atoms with Gasteiger partial charge in [-0.15, -0.1) is 0 Å². The number of benzene rings is 1. The predicted octanol–water partition coefficient (Wildman–Crippen LogP) is 3.39. The van der Waals surface area contributed by atoms with Gasteiger partial charge >= 0.3 is 5.69 Å². The van der Waals surface area contributed by atoms with Crippen molar-refractivity contribution in [3.05, 3.63) is 46.1 Å². The summed E-state index contributed by atoms with van der Waals surface area (Å²) in [6, 6.07) is 6.66. The van der Waals surface area contributed by atoms with Gasteiger partial charge in [0.15, 0.2) is 9.84 Å². The van der Waals surface area contributed by atoms with Crippen LogP contribution in [0.15, 0.2) is 35.4 Å². The number of hydrogen-bond acceptors (Lipinski definition) is 8. The molecule has 2 N–H and O–H groups in total. The molecule has 1 aliphatic rings. The minimum absolute atomic E-state index is 0.175. The van der Waals surface area contributed by atoms with Crippen LogP contribution in [0.4, 0.5) is 17.5 Å². The fourth-order valence-electron chi connectivity index (χ4n) is 3.54. The highest BCUT2D eigenvalue weighted by Crippen LogP contribution is 2.27. The van der Waals surface area contributed by atoms with Gasteiger partial charge in [-0.3, -0.25) is 10.1 Å². The third-order valence-corrected chi connectivity index (χ3v) is 6.26. The van der Waals surface area contributed by atoms with Crippen LogP contribution in [0.25, 0.3) is 0 Å². The first-order chi connectivity index (χ1) is 13.8. The van der Waals surface area contributed by atoms with Gasteiger partial charge in [-0.05, 0) is 30.4 Å². The number of nitro groups is 1. The number of nitrogens with zero attached hydrogens (tertiary/aromatic N) is 3. The summed E-state index contributed by atoms with van der Waals surface area (Å²) in [4.78, 5) is 19.3. The van der Waals surface area contributed by atoms with E-state index in [1.54, 1.807) is 24.3 Å². The van der Waals surface area contributed by atoms with Crippen LogP contribution in [-0.2, 0) is 16.4 Å². The van der Waals surface area contributed by atoms with E-state index in [4.69, 9.17) is 0 Å². The fraction of sp³-hybridized carbons (Fsp3) is 0.474. The number of rotatable bonds is 8. The summed E-state index contributed by atoms with van der Waals surface area (Å²) in [5.74, 6) is 0.857. The first kappa shape index (κ1) is 21.0. The Bertz CT molecular complexity index is 974. The number of sulfone groups is 1. The van der Waals surface area contributed by atoms with Crippen molar-refractivity contribution in [2.75, 3.05) is 23.4 Å². The lowest BCUT2D eigenvalue weighted by Crippen LogP contribution is -2.19. The highest BCUT2D eigenvalue weighted by atomic mass is 32.2. The molecule has 9 nitrogen and oxygen atoms in total. The molecular formula is C19H25N5O4S. The Morgan fingerprint density at radius 3 is 2.59 bits per heavy atom. The van der Waals surface area contributed by atoms with Gasteiger partial charge in [0, 0.05) is 19.3 Å². The Morgan fingerprint density at radius 2 is 1.90 bits per heavy atom. The van der Waals surface area contributed by atoms with Crippen molar-refractivity contribution in [1.29, 1.82) is 0 Å². The molecule has 1 fully saturated rings. The van der Waals surface area contributed by atoms with E-state index in [2.05, 4.69) is 20.6 Å². The molecule has 0 spiro atoms. The van der Waals surface area contributed by atoms with Gasteiger partial charge in [0.25, 0.3) is 0 Å². The summed E-state index contributed by atoms with van der Waals surface area (Å²) in [5, 5.41) is 17.4. The van der Waals surface area contributed by atoms with Gasteiger partial charge < -0.3 is 10.6 Å². The molecule has 0 amide bonds. The van der Waals surface area contributed by atoms with Gasteiger partial charge in [-0.25, -0.2) is 13.4 Å². The van der Waals surface area contributed by atoms with E-state index in [0.717, 1.165) is 19.1 Å². The molecule has 0 saturated heterocycles. The normalized spacial score (nSPS) is 15.1. The molecular weight excluding hydrogens is 394 g/mol. The van der Waals surface area contributed by atoms with Crippen molar-refractivity contribution in [1.82, 2.24) is 9.97 Å². The molecule has 0 unspecified atom stereocenters. The van der Waals surface area contributed by atoms with E-state index in [9.17, 15) is 18.5 Å². The Hall–Kier alpha value is -2.75. The average Bonchev–Trinajstić information content (AvgIpc) is 2.71. The molecule has 0 aliphatic heterocycles. The van der Waals surface area contributed by atoms with Crippen molar-refractivity contribution in [3.63, 3.8) is 0 Å². The maximum Gasteiger partial charge on any atom is 0.329 e. The summed E-state index contributed by atoms with van der Waals surface area (Å²) in [6.07, 6.45) is 8.16. The van der Waals surface area contributed by atoms with Crippen LogP contribution in [0.5, 0.6) is 0 Å². The second-order valence-electron chi connectivity index (χ2n) is 7.30. The van der Waals surface area contributed by atoms with E-state index in [0.29, 0.717) is 18.0 Å². The van der Waals surface area contributed by atoms with Gasteiger partial charge in [-0.2, -0.15) is 4.98 Å². The number of hydrogen-bond donors (Lipinski definition) is 2. The van der Waals surface area contributed by atoms with Crippen molar-refractivity contribution in [3.8, 4) is 0 Å². The standard InChI is InChI=1S/C19H25N5O4S/c1-29(27,28)17-10-6-5-9-15(17)12-21-19-22-13-16(24(25)26)18(23-19)20-11-14-7-3-2-4-8-14/h5-6,9-10,13-14H,2-4,7-8,11-12H2,1H3,(H2,20,21,22,23). The van der Waals surface area contributed by atoms with E-state index in [1.165, 1.54) is 25.5 Å². The molecule has 1 aromatic carbocycles. The van der Waals surface area contributed by atoms with E-state index < -0.39 is 14.8 Å². The second-order valence-corrected chi connectivity index (χ2v) is 9.29. The zero-order valence-corrected chi connectivity index (χ0v) is 17.1. The summed E-state index contributed by atoms with van der Waals surface area (Å²) in [7, 11) is -3.37. The Labute approximate surface area is 170 Å². The van der Waals surface area contributed by atoms with Crippen LogP contribution in [0.2, 0.25) is 0 Å². The van der Waals surface area contributed by atoms with Crippen molar-refractivity contribution in [2.24, 2.45) is 5.92 Å². The SMILES string of the molecule is CS(=O)(=O)c1ccccc1CNc1ncc([N+](=O)[O-])c(NCC2CCCCC2)n1. The van der Waals surface area contributed by atoms with Gasteiger partial charge in [-0.1, -0.05) is 37.5 Å². The molecule has 1 heterocycles. The van der Waals surface area contributed by atoms with Crippen molar-refractivity contribution in [2.45, 2.75) is 43.5 Å². The lowest BCUT2D eigenvalue weighted by Gasteiger charge is -2.21. The topological polar surface area (TPSA) is 127 Å². The minimum atomic E-state index is -3.37. The first-order valence-electron chi connectivity index (χ1n) is 9.61. The quantitative estimate of drug-likeness (QED) is 0.492. The lowest BCUT2D eigenvalue weighted by atomic mass is 9.89. The van der Waals surface area contributed by atoms with Gasteiger partial charge in [0.05, 0.1) is 9.82 Å². The van der Waals surface area contributed by atoms with Crippen LogP contribution in [0, 0.1) is 16.0 Å². The van der Waals surface area contributed by atoms with Crippen LogP contribution in [0.1, 0.15) is 37.7 Å². The number of anilines is 2. The van der Waals surface area contributed by atoms with Gasteiger partial charge in [0.2, 0.25) is 11.8 Å². The van der Waals surface area contributed by atoms with Crippen molar-refractivity contribution < 1.29 is 13.3 Å². The zero-order valence-electron chi connectivity index (χ0n) is 16.3. The predicted molar refractivity (Wildman–Crippen MR) is 111 cm³/mol. The van der Waals surface area contributed by atoms with E-state index in [-0.39, 0.29) is 28.9 Å². The summed E-state index contributed by atoms with van der Waals surface area (Å²) in [5.41, 5.74) is 0.400. The third kappa shape index (κ3) is 5.63. The molecule has 0 radical (unpaired) electrons. The molecule has 1 aliphatic carbocycles. The third-order valence-electron chi connectivity index (χ3n) is 5.06. The highest BCUT2D eigenvalue weighted by molar-refractivity contribution is 7.90. The molecule has 156 valence electrons. The Kier molecular flexibility index (Phi) is 6.63. The lowest BCUT2D eigenvalue weighted by molar-refractivity contribution is -0.384. The molecule has 10 heteroatoms. The summed E-state index contributed by atoms with van der Waals surface area (Å²) >= 11 is 0. The highest BCUT2D eigenvalue weighted by Gasteiger charge is 2.20. The van der Waals surface area contributed by atoms with Crippen LogP contribution in [-0.4, -0.2) is 36.1 Å². The smallest absolute Gasteiger partial charge is 0.329 e. The molecule has 1 saturated carbocycles. The molecule has 1 aromatic heterocycles. The fourth-order valence-corrected chi connectivity index (χ4v) is 4.48. The maximum atomic E-state index is 11.9. The largest absolute Gasteiger partial charge is 0.364 e. The summed E-state index contributed by atoms with van der Waals surface area (Å²) in [6.45, 7) is 0.817. The number of nitrogens with one attached hydrogen (secondary N) is 2. The first-order valence-corrected chi connectivity index (χ1v) is 11.5. The Morgan fingerprint density at radius 1 is 1.17 bits per heavy atom. The van der Waals surface area contributed by atoms with E-state index in [1.807, 2.05) is 0 Å². The molecule has 0 atom stereocenters. The van der Waals surface area contributed by atoms with E-state index >= 15 is 0 Å². The zero-order chi connectivity index (χ0) is 20.9. The molecule has 0 bridgehead atoms. The number of aromatic nitrogens is 2. The van der Waals surface area contributed by atoms with Crippen LogP contribution < -0.4 is 10.6 Å². The van der Waals surface area contributed by atoms with Crippen LogP contribution in [0.3, 0.4) is 0 Å². The molecule has 29 heavy (non-hydrogen) atoms. The second kappa shape index (κ2) is 9.17. The van der Waals surface area contributed by atoms with Crippen LogP contribution >= 0.6 is 0 Å². The summed E-state index contributed by atoms with van der Waals surface area (Å²) < 4.78 is 23.9. The molecule has 2 aromatic rings. The maximum absolute atomic E-state index is 11.9.